The Morgan fingerprint density at radius 1 is 1.17 bits per heavy atom. The van der Waals surface area contributed by atoms with Gasteiger partial charge in [0.25, 0.3) is 0 Å². The second kappa shape index (κ2) is 10.0. The third-order valence-corrected chi connectivity index (χ3v) is 6.14. The third kappa shape index (κ3) is 5.90. The summed E-state index contributed by atoms with van der Waals surface area (Å²) in [6.07, 6.45) is 2.02. The van der Waals surface area contributed by atoms with E-state index in [1.54, 1.807) is 0 Å². The van der Waals surface area contributed by atoms with Gasteiger partial charge in [-0.05, 0) is 77.5 Å². The Bertz CT molecular complexity index is 1000. The lowest BCUT2D eigenvalue weighted by Crippen LogP contribution is -2.12. The highest BCUT2D eigenvalue weighted by molar-refractivity contribution is 9.10. The average Bonchev–Trinajstić information content (AvgIpc) is 3.16. The van der Waals surface area contributed by atoms with Crippen molar-refractivity contribution >= 4 is 38.3 Å². The summed E-state index contributed by atoms with van der Waals surface area (Å²) < 4.78 is 6.73. The maximum absolute atomic E-state index is 12.2. The van der Waals surface area contributed by atoms with E-state index in [0.29, 0.717) is 24.6 Å². The molecule has 1 aromatic heterocycles. The van der Waals surface area contributed by atoms with E-state index in [-0.39, 0.29) is 5.91 Å². The normalized spacial score (nSPS) is 10.8. The van der Waals surface area contributed by atoms with Gasteiger partial charge in [0, 0.05) is 17.4 Å². The largest absolute Gasteiger partial charge is 0.492 e. The first-order valence-corrected chi connectivity index (χ1v) is 11.4. The molecule has 0 atom stereocenters. The molecule has 152 valence electrons. The number of anilines is 1. The van der Waals surface area contributed by atoms with Crippen molar-refractivity contribution in [2.45, 2.75) is 40.0 Å². The number of thiazole rings is 1. The van der Waals surface area contributed by atoms with Gasteiger partial charge >= 0.3 is 0 Å². The van der Waals surface area contributed by atoms with Crippen LogP contribution in [-0.2, 0) is 11.2 Å². The molecule has 3 rings (SSSR count). The fourth-order valence-corrected chi connectivity index (χ4v) is 4.12. The minimum Gasteiger partial charge on any atom is -0.492 e. The number of aryl methyl sites for hydroxylation is 3. The van der Waals surface area contributed by atoms with E-state index < -0.39 is 0 Å². The molecule has 4 nitrogen and oxygen atoms in total. The zero-order valence-electron chi connectivity index (χ0n) is 16.9. The molecule has 29 heavy (non-hydrogen) atoms. The molecule has 0 aliphatic rings. The number of carbonyl (C=O) groups excluding carboxylic acids is 1. The SMILES string of the molecule is CCc1ccc(OCCCC(=O)Nc2nc(-c3ccc(C)c(C)c3)cs2)c(Br)c1. The van der Waals surface area contributed by atoms with Crippen LogP contribution in [-0.4, -0.2) is 17.5 Å². The second-order valence-corrected chi connectivity index (χ2v) is 8.67. The highest BCUT2D eigenvalue weighted by Gasteiger charge is 2.09. The van der Waals surface area contributed by atoms with Gasteiger partial charge < -0.3 is 10.1 Å². The Balaban J connectivity index is 1.46. The van der Waals surface area contributed by atoms with Crippen molar-refractivity contribution in [1.82, 2.24) is 4.98 Å². The van der Waals surface area contributed by atoms with Crippen molar-refractivity contribution in [3.63, 3.8) is 0 Å². The summed E-state index contributed by atoms with van der Waals surface area (Å²) >= 11 is 4.98. The average molecular weight is 473 g/mol. The Hall–Kier alpha value is -2.18. The number of nitrogens with one attached hydrogen (secondary N) is 1. The lowest BCUT2D eigenvalue weighted by molar-refractivity contribution is -0.116. The van der Waals surface area contributed by atoms with Crippen molar-refractivity contribution in [3.05, 3.63) is 62.9 Å². The van der Waals surface area contributed by atoms with Gasteiger partial charge in [0.15, 0.2) is 5.13 Å². The molecule has 0 spiro atoms. The number of benzene rings is 2. The Labute approximate surface area is 184 Å². The molecule has 3 aromatic rings. The van der Waals surface area contributed by atoms with Crippen LogP contribution in [0.25, 0.3) is 11.3 Å². The number of hydrogen-bond acceptors (Lipinski definition) is 4. The number of nitrogens with zero attached hydrogens (tertiary/aromatic N) is 1. The van der Waals surface area contributed by atoms with Crippen molar-refractivity contribution < 1.29 is 9.53 Å². The van der Waals surface area contributed by atoms with E-state index in [1.165, 1.54) is 28.0 Å². The molecule has 0 fully saturated rings. The summed E-state index contributed by atoms with van der Waals surface area (Å²) in [6, 6.07) is 12.4. The Kier molecular flexibility index (Phi) is 7.45. The molecule has 6 heteroatoms. The predicted octanol–water partition coefficient (Wildman–Crippen LogP) is 6.55. The monoisotopic (exact) mass is 472 g/mol. The van der Waals surface area contributed by atoms with Gasteiger partial charge in [-0.2, -0.15) is 0 Å². The summed E-state index contributed by atoms with van der Waals surface area (Å²) in [5, 5.41) is 5.49. The molecule has 2 aromatic carbocycles. The minimum atomic E-state index is -0.0463. The Morgan fingerprint density at radius 3 is 2.72 bits per heavy atom. The van der Waals surface area contributed by atoms with E-state index >= 15 is 0 Å². The van der Waals surface area contributed by atoms with Crippen LogP contribution in [0, 0.1) is 13.8 Å². The first-order valence-electron chi connectivity index (χ1n) is 9.70. The molecule has 0 radical (unpaired) electrons. The molecule has 0 saturated carbocycles. The van der Waals surface area contributed by atoms with Gasteiger partial charge in [0.1, 0.15) is 5.75 Å². The summed E-state index contributed by atoms with van der Waals surface area (Å²) in [4.78, 5) is 16.8. The van der Waals surface area contributed by atoms with Gasteiger partial charge in [-0.3, -0.25) is 4.79 Å². The van der Waals surface area contributed by atoms with Crippen molar-refractivity contribution in [1.29, 1.82) is 0 Å². The molecule has 0 aliphatic carbocycles. The fourth-order valence-electron chi connectivity index (χ4n) is 2.84. The molecular formula is C23H25BrN2O2S. The maximum atomic E-state index is 12.2. The van der Waals surface area contributed by atoms with Crippen LogP contribution >= 0.6 is 27.3 Å². The predicted molar refractivity (Wildman–Crippen MR) is 124 cm³/mol. The molecule has 0 aliphatic heterocycles. The highest BCUT2D eigenvalue weighted by atomic mass is 79.9. The van der Waals surface area contributed by atoms with E-state index in [1.807, 2.05) is 11.4 Å². The molecular weight excluding hydrogens is 448 g/mol. The van der Waals surface area contributed by atoms with Crippen molar-refractivity contribution in [2.24, 2.45) is 0 Å². The first kappa shape index (κ1) is 21.5. The van der Waals surface area contributed by atoms with E-state index in [9.17, 15) is 4.79 Å². The number of ether oxygens (including phenoxy) is 1. The van der Waals surface area contributed by atoms with Gasteiger partial charge in [-0.1, -0.05) is 25.1 Å². The molecule has 0 unspecified atom stereocenters. The summed E-state index contributed by atoms with van der Waals surface area (Å²) in [7, 11) is 0. The topological polar surface area (TPSA) is 51.2 Å². The first-order chi connectivity index (χ1) is 14.0. The lowest BCUT2D eigenvalue weighted by Gasteiger charge is -2.09. The third-order valence-electron chi connectivity index (χ3n) is 4.76. The summed E-state index contributed by atoms with van der Waals surface area (Å²) in [5.74, 6) is 0.760. The summed E-state index contributed by atoms with van der Waals surface area (Å²) in [6.45, 7) is 6.79. The molecule has 0 saturated heterocycles. The van der Waals surface area contributed by atoms with Gasteiger partial charge in [-0.15, -0.1) is 11.3 Å². The number of rotatable bonds is 8. The zero-order valence-corrected chi connectivity index (χ0v) is 19.3. The van der Waals surface area contributed by atoms with Crippen LogP contribution in [0.1, 0.15) is 36.5 Å². The van der Waals surface area contributed by atoms with Crippen LogP contribution in [0.2, 0.25) is 0 Å². The van der Waals surface area contributed by atoms with Crippen LogP contribution < -0.4 is 10.1 Å². The molecule has 1 N–H and O–H groups in total. The smallest absolute Gasteiger partial charge is 0.226 e. The van der Waals surface area contributed by atoms with Gasteiger partial charge in [0.2, 0.25) is 5.91 Å². The number of amides is 1. The Morgan fingerprint density at radius 2 is 2.00 bits per heavy atom. The lowest BCUT2D eigenvalue weighted by atomic mass is 10.1. The van der Waals surface area contributed by atoms with Gasteiger partial charge in [-0.25, -0.2) is 4.98 Å². The highest BCUT2D eigenvalue weighted by Crippen LogP contribution is 2.27. The van der Waals surface area contributed by atoms with E-state index in [0.717, 1.165) is 27.9 Å². The number of aromatic nitrogens is 1. The van der Waals surface area contributed by atoms with Crippen LogP contribution in [0.15, 0.2) is 46.3 Å². The molecule has 1 amide bonds. The zero-order chi connectivity index (χ0) is 20.8. The van der Waals surface area contributed by atoms with Crippen LogP contribution in [0.4, 0.5) is 5.13 Å². The quantitative estimate of drug-likeness (QED) is 0.378. The minimum absolute atomic E-state index is 0.0463. The van der Waals surface area contributed by atoms with Gasteiger partial charge in [0.05, 0.1) is 16.8 Å². The number of halogens is 1. The van der Waals surface area contributed by atoms with Crippen LogP contribution in [0.3, 0.4) is 0 Å². The standard InChI is InChI=1S/C23H25BrN2O2S/c1-4-17-8-10-21(19(24)13-17)28-11-5-6-22(27)26-23-25-20(14-29-23)18-9-7-15(2)16(3)12-18/h7-10,12-14H,4-6,11H2,1-3H3,(H,25,26,27). The van der Waals surface area contributed by atoms with Crippen molar-refractivity contribution in [3.8, 4) is 17.0 Å². The number of hydrogen-bond donors (Lipinski definition) is 1. The molecule has 1 heterocycles. The maximum Gasteiger partial charge on any atom is 0.226 e. The van der Waals surface area contributed by atoms with E-state index in [2.05, 4.69) is 77.3 Å². The van der Waals surface area contributed by atoms with E-state index in [4.69, 9.17) is 4.74 Å². The summed E-state index contributed by atoms with van der Waals surface area (Å²) in [5.41, 5.74) is 5.70. The number of carbonyl (C=O) groups is 1. The second-order valence-electron chi connectivity index (χ2n) is 6.96. The van der Waals surface area contributed by atoms with Crippen molar-refractivity contribution in [2.75, 3.05) is 11.9 Å². The molecule has 0 bridgehead atoms. The van der Waals surface area contributed by atoms with Crippen LogP contribution in [0.5, 0.6) is 5.75 Å². The fraction of sp³-hybridized carbons (Fsp3) is 0.304.